The number of aromatic nitrogens is 1. The first-order valence-corrected chi connectivity index (χ1v) is 9.33. The van der Waals surface area contributed by atoms with Gasteiger partial charge in [0.25, 0.3) is 5.91 Å². The van der Waals surface area contributed by atoms with E-state index in [1.54, 1.807) is 12.4 Å². The van der Waals surface area contributed by atoms with Crippen molar-refractivity contribution in [3.63, 3.8) is 0 Å². The Balaban J connectivity index is 1.63. The number of hydrogen-bond donors (Lipinski definition) is 1. The number of amides is 1. The van der Waals surface area contributed by atoms with Crippen molar-refractivity contribution in [2.24, 2.45) is 0 Å². The molecule has 2 aromatic heterocycles. The lowest BCUT2D eigenvalue weighted by Gasteiger charge is -2.03. The molecule has 2 aromatic carbocycles. The van der Waals surface area contributed by atoms with E-state index < -0.39 is 0 Å². The first-order valence-electron chi connectivity index (χ1n) is 8.52. The minimum atomic E-state index is -0.123. The maximum atomic E-state index is 12.6. The minimum Gasteiger partial charge on any atom is -0.321 e. The Morgan fingerprint density at radius 2 is 1.78 bits per heavy atom. The molecule has 0 aliphatic rings. The molecule has 0 radical (unpaired) electrons. The predicted molar refractivity (Wildman–Crippen MR) is 111 cm³/mol. The van der Waals surface area contributed by atoms with Crippen LogP contribution in [-0.2, 0) is 0 Å². The maximum Gasteiger partial charge on any atom is 0.265 e. The Labute approximate surface area is 161 Å². The summed E-state index contributed by atoms with van der Waals surface area (Å²) in [5.41, 5.74) is 3.71. The van der Waals surface area contributed by atoms with Crippen LogP contribution < -0.4 is 5.32 Å². The van der Waals surface area contributed by atoms with Crippen LogP contribution in [0.25, 0.3) is 10.1 Å². The van der Waals surface area contributed by atoms with E-state index in [0.29, 0.717) is 4.88 Å². The molecule has 0 bridgehead atoms. The molecule has 0 atom stereocenters. The van der Waals surface area contributed by atoms with Crippen LogP contribution in [0.5, 0.6) is 0 Å². The number of nitrogens with zero attached hydrogens (tertiary/aromatic N) is 1. The van der Waals surface area contributed by atoms with E-state index in [9.17, 15) is 4.79 Å². The SMILES string of the molecule is Cc1ccc(NC(=O)c2cc3c(C#Cc4ccccc4)cncc3s2)cc1. The van der Waals surface area contributed by atoms with Crippen LogP contribution in [-0.4, -0.2) is 10.9 Å². The summed E-state index contributed by atoms with van der Waals surface area (Å²) in [5.74, 6) is 6.20. The van der Waals surface area contributed by atoms with Crippen LogP contribution >= 0.6 is 11.3 Å². The van der Waals surface area contributed by atoms with Gasteiger partial charge in [-0.15, -0.1) is 11.3 Å². The molecule has 0 saturated carbocycles. The van der Waals surface area contributed by atoms with Crippen LogP contribution in [0.2, 0.25) is 0 Å². The number of nitrogens with one attached hydrogen (secondary N) is 1. The molecule has 3 nitrogen and oxygen atoms in total. The van der Waals surface area contributed by atoms with Gasteiger partial charge in [-0.3, -0.25) is 9.78 Å². The monoisotopic (exact) mass is 368 g/mol. The number of anilines is 1. The van der Waals surface area contributed by atoms with Gasteiger partial charge < -0.3 is 5.32 Å². The molecular formula is C23H16N2OS. The molecule has 130 valence electrons. The number of carbonyl (C=O) groups excluding carboxylic acids is 1. The quantitative estimate of drug-likeness (QED) is 0.491. The number of hydrogen-bond acceptors (Lipinski definition) is 3. The Morgan fingerprint density at radius 1 is 1.00 bits per heavy atom. The molecule has 1 N–H and O–H groups in total. The number of pyridine rings is 1. The van der Waals surface area contributed by atoms with Crippen molar-refractivity contribution in [3.05, 3.63) is 94.6 Å². The van der Waals surface area contributed by atoms with E-state index in [1.807, 2.05) is 67.6 Å². The molecule has 0 saturated heterocycles. The summed E-state index contributed by atoms with van der Waals surface area (Å²) in [5, 5.41) is 3.89. The Bertz CT molecular complexity index is 1170. The van der Waals surface area contributed by atoms with Crippen LogP contribution in [0.1, 0.15) is 26.4 Å². The zero-order valence-electron chi connectivity index (χ0n) is 14.7. The fraction of sp³-hybridized carbons (Fsp3) is 0.0435. The van der Waals surface area contributed by atoms with Gasteiger partial charge in [-0.05, 0) is 37.3 Å². The van der Waals surface area contributed by atoms with Gasteiger partial charge in [0.05, 0.1) is 15.1 Å². The smallest absolute Gasteiger partial charge is 0.265 e. The standard InChI is InChI=1S/C23H16N2OS/c1-16-7-11-19(12-8-16)25-23(26)21-13-20-18(14-24-15-22(20)27-21)10-9-17-5-3-2-4-6-17/h2-8,11-15H,1H3,(H,25,26). The van der Waals surface area contributed by atoms with Gasteiger partial charge in [0, 0.05) is 29.0 Å². The second-order valence-electron chi connectivity index (χ2n) is 6.15. The third-order valence-electron chi connectivity index (χ3n) is 4.09. The van der Waals surface area contributed by atoms with E-state index in [0.717, 1.165) is 32.5 Å². The second kappa shape index (κ2) is 7.45. The maximum absolute atomic E-state index is 12.6. The lowest BCUT2D eigenvalue weighted by molar-refractivity contribution is 0.103. The van der Waals surface area contributed by atoms with Crippen LogP contribution in [0.4, 0.5) is 5.69 Å². The van der Waals surface area contributed by atoms with E-state index in [1.165, 1.54) is 11.3 Å². The first kappa shape index (κ1) is 17.0. The zero-order valence-corrected chi connectivity index (χ0v) is 15.5. The van der Waals surface area contributed by atoms with Crippen molar-refractivity contribution >= 4 is 33.0 Å². The van der Waals surface area contributed by atoms with Gasteiger partial charge in [-0.25, -0.2) is 0 Å². The topological polar surface area (TPSA) is 42.0 Å². The average Bonchev–Trinajstić information content (AvgIpc) is 3.14. The third-order valence-corrected chi connectivity index (χ3v) is 5.16. The van der Waals surface area contributed by atoms with Crippen molar-refractivity contribution < 1.29 is 4.79 Å². The van der Waals surface area contributed by atoms with E-state index >= 15 is 0 Å². The highest BCUT2D eigenvalue weighted by molar-refractivity contribution is 7.20. The number of aryl methyl sites for hydroxylation is 1. The van der Waals surface area contributed by atoms with E-state index in [-0.39, 0.29) is 5.91 Å². The van der Waals surface area contributed by atoms with Crippen molar-refractivity contribution in [2.75, 3.05) is 5.32 Å². The molecule has 4 aromatic rings. The highest BCUT2D eigenvalue weighted by Crippen LogP contribution is 2.28. The summed E-state index contributed by atoms with van der Waals surface area (Å²) in [7, 11) is 0. The highest BCUT2D eigenvalue weighted by atomic mass is 32.1. The fourth-order valence-corrected chi connectivity index (χ4v) is 3.61. The van der Waals surface area contributed by atoms with Crippen molar-refractivity contribution in [1.29, 1.82) is 0 Å². The largest absolute Gasteiger partial charge is 0.321 e. The molecule has 4 rings (SSSR count). The molecule has 0 aliphatic carbocycles. The van der Waals surface area contributed by atoms with Crippen LogP contribution in [0.3, 0.4) is 0 Å². The van der Waals surface area contributed by atoms with Crippen molar-refractivity contribution in [2.45, 2.75) is 6.92 Å². The molecular weight excluding hydrogens is 352 g/mol. The van der Waals surface area contributed by atoms with Crippen molar-refractivity contribution in [1.82, 2.24) is 4.98 Å². The molecule has 2 heterocycles. The predicted octanol–water partition coefficient (Wildman–Crippen LogP) is 5.26. The first-order chi connectivity index (χ1) is 13.2. The second-order valence-corrected chi connectivity index (χ2v) is 7.23. The summed E-state index contributed by atoms with van der Waals surface area (Å²) < 4.78 is 0.948. The number of thiophene rings is 1. The Hall–Kier alpha value is -3.42. The summed E-state index contributed by atoms with van der Waals surface area (Å²) in [6.45, 7) is 2.02. The van der Waals surface area contributed by atoms with Crippen molar-refractivity contribution in [3.8, 4) is 11.8 Å². The summed E-state index contributed by atoms with van der Waals surface area (Å²) in [6.07, 6.45) is 3.52. The number of fused-ring (bicyclic) bond motifs is 1. The van der Waals surface area contributed by atoms with Gasteiger partial charge >= 0.3 is 0 Å². The Morgan fingerprint density at radius 3 is 2.56 bits per heavy atom. The third kappa shape index (κ3) is 3.89. The van der Waals surface area contributed by atoms with E-state index in [2.05, 4.69) is 22.1 Å². The number of carbonyl (C=O) groups is 1. The number of benzene rings is 2. The molecule has 0 unspecified atom stereocenters. The lowest BCUT2D eigenvalue weighted by Crippen LogP contribution is -2.09. The van der Waals surface area contributed by atoms with Gasteiger partial charge in [0.2, 0.25) is 0 Å². The molecule has 0 fully saturated rings. The average molecular weight is 368 g/mol. The molecule has 0 aliphatic heterocycles. The van der Waals surface area contributed by atoms with Gasteiger partial charge in [0.1, 0.15) is 0 Å². The van der Waals surface area contributed by atoms with E-state index in [4.69, 9.17) is 0 Å². The highest BCUT2D eigenvalue weighted by Gasteiger charge is 2.12. The summed E-state index contributed by atoms with van der Waals surface area (Å²) >= 11 is 1.42. The normalized spacial score (nSPS) is 10.3. The molecule has 27 heavy (non-hydrogen) atoms. The summed E-state index contributed by atoms with van der Waals surface area (Å²) in [6, 6.07) is 19.5. The number of rotatable bonds is 2. The summed E-state index contributed by atoms with van der Waals surface area (Å²) in [4.78, 5) is 17.5. The molecule has 1 amide bonds. The van der Waals surface area contributed by atoms with Gasteiger partial charge in [0.15, 0.2) is 0 Å². The Kier molecular flexibility index (Phi) is 4.69. The lowest BCUT2D eigenvalue weighted by atomic mass is 10.1. The fourth-order valence-electron chi connectivity index (χ4n) is 2.66. The van der Waals surface area contributed by atoms with Gasteiger partial charge in [-0.1, -0.05) is 47.7 Å². The molecule has 0 spiro atoms. The van der Waals surface area contributed by atoms with Crippen LogP contribution in [0, 0.1) is 18.8 Å². The zero-order chi connectivity index (χ0) is 18.6. The van der Waals surface area contributed by atoms with Crippen LogP contribution in [0.15, 0.2) is 73.1 Å². The molecule has 4 heteroatoms. The van der Waals surface area contributed by atoms with Gasteiger partial charge in [-0.2, -0.15) is 0 Å². The minimum absolute atomic E-state index is 0.123.